The second kappa shape index (κ2) is 9.71. The minimum Gasteiger partial charge on any atom is -0.357 e. The van der Waals surface area contributed by atoms with E-state index < -0.39 is 0 Å². The fourth-order valence-corrected chi connectivity index (χ4v) is 3.90. The smallest absolute Gasteiger partial charge is 0.228 e. The highest BCUT2D eigenvalue weighted by atomic mass is 16.5. The molecule has 2 heterocycles. The molecule has 0 bridgehead atoms. The number of nitrogens with one attached hydrogen (secondary N) is 2. The van der Waals surface area contributed by atoms with Gasteiger partial charge in [-0.15, -0.1) is 0 Å². The monoisotopic (exact) mass is 376 g/mol. The minimum atomic E-state index is 0.247. The van der Waals surface area contributed by atoms with Crippen molar-refractivity contribution in [1.29, 1.82) is 0 Å². The number of aryl methyl sites for hydroxylation is 1. The van der Waals surface area contributed by atoms with Crippen LogP contribution in [0.15, 0.2) is 9.52 Å². The molecular formula is C19H32N6O2. The molecule has 0 spiro atoms. The average molecular weight is 377 g/mol. The van der Waals surface area contributed by atoms with E-state index in [2.05, 4.69) is 25.8 Å². The summed E-state index contributed by atoms with van der Waals surface area (Å²) in [6.45, 7) is 6.84. The van der Waals surface area contributed by atoms with Crippen LogP contribution in [0, 0.1) is 12.8 Å². The number of hydrogen-bond donors (Lipinski definition) is 2. The first kappa shape index (κ1) is 19.6. The lowest BCUT2D eigenvalue weighted by Gasteiger charge is -2.26. The van der Waals surface area contributed by atoms with Crippen LogP contribution in [-0.4, -0.2) is 59.1 Å². The molecular weight excluding hydrogens is 344 g/mol. The van der Waals surface area contributed by atoms with Crippen LogP contribution in [0.25, 0.3) is 0 Å². The van der Waals surface area contributed by atoms with Crippen LogP contribution in [0.2, 0.25) is 0 Å². The molecule has 1 aromatic rings. The van der Waals surface area contributed by atoms with Crippen molar-refractivity contribution in [1.82, 2.24) is 25.7 Å². The molecule has 1 saturated heterocycles. The molecule has 3 rings (SSSR count). The van der Waals surface area contributed by atoms with E-state index in [1.807, 2.05) is 18.7 Å². The van der Waals surface area contributed by atoms with Crippen molar-refractivity contribution in [3.63, 3.8) is 0 Å². The summed E-state index contributed by atoms with van der Waals surface area (Å²) in [5, 5.41) is 10.5. The van der Waals surface area contributed by atoms with Gasteiger partial charge in [-0.05, 0) is 33.1 Å². The lowest BCUT2D eigenvalue weighted by Crippen LogP contribution is -2.45. The van der Waals surface area contributed by atoms with Gasteiger partial charge < -0.3 is 20.1 Å². The third-order valence-electron chi connectivity index (χ3n) is 5.30. The van der Waals surface area contributed by atoms with Gasteiger partial charge >= 0.3 is 0 Å². The maximum Gasteiger partial charge on any atom is 0.228 e. The maximum atomic E-state index is 12.7. The largest absolute Gasteiger partial charge is 0.357 e. The normalized spacial score (nSPS) is 21.5. The second-order valence-corrected chi connectivity index (χ2v) is 7.50. The minimum absolute atomic E-state index is 0.247. The number of likely N-dealkylation sites (tertiary alicyclic amines) is 1. The van der Waals surface area contributed by atoms with Crippen LogP contribution in [-0.2, 0) is 11.2 Å². The summed E-state index contributed by atoms with van der Waals surface area (Å²) in [5.41, 5.74) is 0. The van der Waals surface area contributed by atoms with Gasteiger partial charge in [-0.1, -0.05) is 24.4 Å². The Morgan fingerprint density at radius 1 is 1.30 bits per heavy atom. The molecule has 8 heteroatoms. The van der Waals surface area contributed by atoms with Gasteiger partial charge in [0.25, 0.3) is 0 Å². The number of carbonyl (C=O) groups is 1. The Hall–Kier alpha value is -2.12. The van der Waals surface area contributed by atoms with E-state index in [0.29, 0.717) is 30.6 Å². The van der Waals surface area contributed by atoms with Crippen molar-refractivity contribution in [3.05, 3.63) is 11.7 Å². The SMILES string of the molecule is CCNC(=NCCc1nc(C)no1)NC1CCN(C(=O)C2CCCCC2)C1. The van der Waals surface area contributed by atoms with Crippen molar-refractivity contribution in [2.45, 2.75) is 64.8 Å². The Labute approximate surface area is 161 Å². The molecule has 0 aromatic carbocycles. The van der Waals surface area contributed by atoms with E-state index in [-0.39, 0.29) is 12.0 Å². The zero-order valence-electron chi connectivity index (χ0n) is 16.5. The highest BCUT2D eigenvalue weighted by Gasteiger charge is 2.31. The Balaban J connectivity index is 1.47. The zero-order chi connectivity index (χ0) is 19.1. The van der Waals surface area contributed by atoms with E-state index in [9.17, 15) is 4.79 Å². The molecule has 1 aliphatic heterocycles. The van der Waals surface area contributed by atoms with Crippen molar-refractivity contribution in [2.24, 2.45) is 10.9 Å². The summed E-state index contributed by atoms with van der Waals surface area (Å²) >= 11 is 0. The Kier molecular flexibility index (Phi) is 7.06. The summed E-state index contributed by atoms with van der Waals surface area (Å²) in [6, 6.07) is 0.251. The van der Waals surface area contributed by atoms with Crippen molar-refractivity contribution in [2.75, 3.05) is 26.2 Å². The van der Waals surface area contributed by atoms with Gasteiger partial charge in [0.15, 0.2) is 11.8 Å². The maximum absolute atomic E-state index is 12.7. The standard InChI is InChI=1S/C19H32N6O2/c1-3-20-19(21-11-9-17-22-14(2)24-27-17)23-16-10-12-25(13-16)18(26)15-7-5-4-6-8-15/h15-16H,3-13H2,1-2H3,(H2,20,21,23). The molecule has 1 aromatic heterocycles. The van der Waals surface area contributed by atoms with Gasteiger partial charge in [-0.3, -0.25) is 9.79 Å². The number of aliphatic imine (C=N–C) groups is 1. The van der Waals surface area contributed by atoms with Crippen LogP contribution in [0.5, 0.6) is 0 Å². The fraction of sp³-hybridized carbons (Fsp3) is 0.789. The number of nitrogens with zero attached hydrogens (tertiary/aromatic N) is 4. The van der Waals surface area contributed by atoms with Crippen LogP contribution >= 0.6 is 0 Å². The van der Waals surface area contributed by atoms with E-state index >= 15 is 0 Å². The van der Waals surface area contributed by atoms with Crippen LogP contribution in [0.3, 0.4) is 0 Å². The number of amides is 1. The first-order valence-corrected chi connectivity index (χ1v) is 10.3. The first-order chi connectivity index (χ1) is 13.2. The van der Waals surface area contributed by atoms with Gasteiger partial charge in [0, 0.05) is 38.0 Å². The summed E-state index contributed by atoms with van der Waals surface area (Å²) in [4.78, 5) is 23.6. The molecule has 1 aliphatic carbocycles. The molecule has 1 saturated carbocycles. The van der Waals surface area contributed by atoms with E-state index in [1.54, 1.807) is 0 Å². The van der Waals surface area contributed by atoms with Gasteiger partial charge in [-0.2, -0.15) is 4.98 Å². The van der Waals surface area contributed by atoms with Crippen molar-refractivity contribution in [3.8, 4) is 0 Å². The Bertz CT molecular complexity index is 638. The third-order valence-corrected chi connectivity index (χ3v) is 5.30. The number of carbonyl (C=O) groups excluding carboxylic acids is 1. The number of guanidine groups is 1. The number of aromatic nitrogens is 2. The van der Waals surface area contributed by atoms with E-state index in [0.717, 1.165) is 44.9 Å². The van der Waals surface area contributed by atoms with Gasteiger partial charge in [-0.25, -0.2) is 0 Å². The quantitative estimate of drug-likeness (QED) is 0.579. The molecule has 27 heavy (non-hydrogen) atoms. The molecule has 1 amide bonds. The molecule has 2 fully saturated rings. The summed E-state index contributed by atoms with van der Waals surface area (Å²) in [6.07, 6.45) is 7.38. The summed E-state index contributed by atoms with van der Waals surface area (Å²) in [7, 11) is 0. The highest BCUT2D eigenvalue weighted by Crippen LogP contribution is 2.26. The predicted molar refractivity (Wildman–Crippen MR) is 103 cm³/mol. The van der Waals surface area contributed by atoms with E-state index in [4.69, 9.17) is 4.52 Å². The van der Waals surface area contributed by atoms with Crippen LogP contribution in [0.4, 0.5) is 0 Å². The highest BCUT2D eigenvalue weighted by molar-refractivity contribution is 5.81. The predicted octanol–water partition coefficient (Wildman–Crippen LogP) is 1.66. The van der Waals surface area contributed by atoms with Crippen LogP contribution in [0.1, 0.15) is 57.2 Å². The van der Waals surface area contributed by atoms with Crippen LogP contribution < -0.4 is 10.6 Å². The molecule has 1 unspecified atom stereocenters. The third kappa shape index (κ3) is 5.68. The Morgan fingerprint density at radius 2 is 2.11 bits per heavy atom. The first-order valence-electron chi connectivity index (χ1n) is 10.3. The molecule has 2 aliphatic rings. The molecule has 8 nitrogen and oxygen atoms in total. The van der Waals surface area contributed by atoms with Gasteiger partial charge in [0.05, 0.1) is 6.54 Å². The van der Waals surface area contributed by atoms with Gasteiger partial charge in [0.2, 0.25) is 11.8 Å². The van der Waals surface area contributed by atoms with Gasteiger partial charge in [0.1, 0.15) is 0 Å². The average Bonchev–Trinajstić information content (AvgIpc) is 3.31. The lowest BCUT2D eigenvalue weighted by atomic mass is 9.88. The Morgan fingerprint density at radius 3 is 2.81 bits per heavy atom. The van der Waals surface area contributed by atoms with Crippen molar-refractivity contribution < 1.29 is 9.32 Å². The number of rotatable bonds is 6. The second-order valence-electron chi connectivity index (χ2n) is 7.50. The summed E-state index contributed by atoms with van der Waals surface area (Å²) < 4.78 is 5.12. The molecule has 2 N–H and O–H groups in total. The molecule has 150 valence electrons. The molecule has 1 atom stereocenters. The number of hydrogen-bond acceptors (Lipinski definition) is 5. The topological polar surface area (TPSA) is 95.7 Å². The molecule has 0 radical (unpaired) electrons. The van der Waals surface area contributed by atoms with Crippen molar-refractivity contribution >= 4 is 11.9 Å². The van der Waals surface area contributed by atoms with E-state index in [1.165, 1.54) is 19.3 Å². The zero-order valence-corrected chi connectivity index (χ0v) is 16.5. The lowest BCUT2D eigenvalue weighted by molar-refractivity contribution is -0.135. The summed E-state index contributed by atoms with van der Waals surface area (Å²) in [5.74, 6) is 2.64. The fourth-order valence-electron chi connectivity index (χ4n) is 3.90.